The first-order valence-electron chi connectivity index (χ1n) is 7.16. The highest BCUT2D eigenvalue weighted by Crippen LogP contribution is 2.35. The van der Waals surface area contributed by atoms with Gasteiger partial charge in [0.2, 0.25) is 0 Å². The summed E-state index contributed by atoms with van der Waals surface area (Å²) in [7, 11) is 0. The van der Waals surface area contributed by atoms with Crippen LogP contribution in [0.2, 0.25) is 0 Å². The fraction of sp³-hybridized carbons (Fsp3) is 0.375. The largest absolute Gasteiger partial charge is 0.490 e. The van der Waals surface area contributed by atoms with Crippen LogP contribution in [0.25, 0.3) is 0 Å². The van der Waals surface area contributed by atoms with Gasteiger partial charge in [0.15, 0.2) is 11.6 Å². The molecule has 0 bridgehead atoms. The van der Waals surface area contributed by atoms with E-state index in [0.717, 1.165) is 23.6 Å². The maximum atomic E-state index is 13.8. The number of rotatable bonds is 3. The van der Waals surface area contributed by atoms with Gasteiger partial charge in [-0.3, -0.25) is 0 Å². The van der Waals surface area contributed by atoms with E-state index in [-0.39, 0.29) is 17.8 Å². The van der Waals surface area contributed by atoms with Crippen molar-refractivity contribution in [2.45, 2.75) is 32.2 Å². The minimum Gasteiger partial charge on any atom is -0.490 e. The van der Waals surface area contributed by atoms with E-state index >= 15 is 0 Å². The molecule has 1 aliphatic rings. The second-order valence-electron chi connectivity index (χ2n) is 5.45. The third-order valence-electron chi connectivity index (χ3n) is 3.54. The van der Waals surface area contributed by atoms with Gasteiger partial charge in [-0.1, -0.05) is 26.0 Å². The van der Waals surface area contributed by atoms with Gasteiger partial charge in [0.1, 0.15) is 11.6 Å². The van der Waals surface area contributed by atoms with Crippen molar-refractivity contribution in [1.29, 1.82) is 0 Å². The molecule has 1 N–H and O–H groups in total. The normalized spacial score (nSPS) is 17.2. The van der Waals surface area contributed by atoms with Crippen LogP contribution in [0.1, 0.15) is 43.6 Å². The number of para-hydroxylation sites is 1. The van der Waals surface area contributed by atoms with Crippen molar-refractivity contribution in [1.82, 2.24) is 9.97 Å². The van der Waals surface area contributed by atoms with Crippen LogP contribution < -0.4 is 10.1 Å². The van der Waals surface area contributed by atoms with E-state index < -0.39 is 0 Å². The van der Waals surface area contributed by atoms with Crippen LogP contribution in [-0.4, -0.2) is 16.6 Å². The Morgan fingerprint density at radius 3 is 3.00 bits per heavy atom. The quantitative estimate of drug-likeness (QED) is 0.935. The van der Waals surface area contributed by atoms with Crippen molar-refractivity contribution in [3.63, 3.8) is 0 Å². The number of hydrogen-bond donors (Lipinski definition) is 1. The van der Waals surface area contributed by atoms with Crippen LogP contribution in [0.4, 0.5) is 10.2 Å². The smallest absolute Gasteiger partial charge is 0.165 e. The second kappa shape index (κ2) is 5.68. The molecule has 1 aromatic heterocycles. The molecule has 3 rings (SSSR count). The molecule has 110 valence electrons. The van der Waals surface area contributed by atoms with E-state index in [4.69, 9.17) is 4.74 Å². The summed E-state index contributed by atoms with van der Waals surface area (Å²) in [6, 6.07) is 6.85. The molecule has 2 heterocycles. The summed E-state index contributed by atoms with van der Waals surface area (Å²) in [5.74, 6) is 1.86. The van der Waals surface area contributed by atoms with Gasteiger partial charge in [-0.05, 0) is 12.1 Å². The average molecular weight is 287 g/mol. The number of hydrogen-bond acceptors (Lipinski definition) is 4. The van der Waals surface area contributed by atoms with Gasteiger partial charge in [0, 0.05) is 24.1 Å². The molecular formula is C16H18FN3O. The van der Waals surface area contributed by atoms with Crippen LogP contribution in [-0.2, 0) is 0 Å². The highest BCUT2D eigenvalue weighted by molar-refractivity contribution is 5.45. The first-order valence-corrected chi connectivity index (χ1v) is 7.16. The Balaban J connectivity index is 1.87. The van der Waals surface area contributed by atoms with E-state index in [2.05, 4.69) is 29.1 Å². The molecule has 0 radical (unpaired) electrons. The zero-order chi connectivity index (χ0) is 14.8. The van der Waals surface area contributed by atoms with Crippen molar-refractivity contribution < 1.29 is 9.13 Å². The zero-order valence-electron chi connectivity index (χ0n) is 12.1. The van der Waals surface area contributed by atoms with Crippen molar-refractivity contribution in [3.8, 4) is 5.75 Å². The number of fused-ring (bicyclic) bond motifs is 1. The average Bonchev–Trinajstić information content (AvgIpc) is 2.49. The monoisotopic (exact) mass is 287 g/mol. The lowest BCUT2D eigenvalue weighted by molar-refractivity contribution is 0.260. The summed E-state index contributed by atoms with van der Waals surface area (Å²) in [4.78, 5) is 8.76. The number of halogens is 1. The van der Waals surface area contributed by atoms with Gasteiger partial charge in [-0.2, -0.15) is 0 Å². The fourth-order valence-electron chi connectivity index (χ4n) is 2.45. The first-order chi connectivity index (χ1) is 10.1. The molecule has 0 saturated heterocycles. The summed E-state index contributed by atoms with van der Waals surface area (Å²) in [6.45, 7) is 4.60. The fourth-order valence-corrected chi connectivity index (χ4v) is 2.45. The number of aromatic nitrogens is 2. The highest BCUT2D eigenvalue weighted by Gasteiger charge is 2.24. The van der Waals surface area contributed by atoms with Crippen LogP contribution in [0, 0.1) is 5.82 Å². The van der Waals surface area contributed by atoms with Crippen LogP contribution in [0.5, 0.6) is 5.75 Å². The van der Waals surface area contributed by atoms with Gasteiger partial charge in [0.05, 0.1) is 12.6 Å². The number of benzene rings is 1. The molecule has 0 saturated carbocycles. The highest BCUT2D eigenvalue weighted by atomic mass is 19.1. The Bertz CT molecular complexity index is 645. The van der Waals surface area contributed by atoms with E-state index in [1.807, 2.05) is 12.1 Å². The number of anilines is 1. The first kappa shape index (κ1) is 13.8. The SMILES string of the molecule is CC(C)c1nccc(N[C@H]2CCOc3c(F)cccc32)n1. The third-order valence-corrected chi connectivity index (χ3v) is 3.54. The van der Waals surface area contributed by atoms with E-state index in [1.54, 1.807) is 12.3 Å². The lowest BCUT2D eigenvalue weighted by atomic mass is 10.0. The summed E-state index contributed by atoms with van der Waals surface area (Å²) >= 11 is 0. The van der Waals surface area contributed by atoms with Crippen molar-refractivity contribution in [2.24, 2.45) is 0 Å². The zero-order valence-corrected chi connectivity index (χ0v) is 12.1. The van der Waals surface area contributed by atoms with Crippen LogP contribution in [0.3, 0.4) is 0 Å². The molecule has 5 heteroatoms. The topological polar surface area (TPSA) is 47.0 Å². The summed E-state index contributed by atoms with van der Waals surface area (Å²) in [5, 5.41) is 3.36. The molecule has 4 nitrogen and oxygen atoms in total. The van der Waals surface area contributed by atoms with Gasteiger partial charge in [0.25, 0.3) is 0 Å². The Kier molecular flexibility index (Phi) is 3.73. The van der Waals surface area contributed by atoms with Gasteiger partial charge in [-0.25, -0.2) is 14.4 Å². The maximum Gasteiger partial charge on any atom is 0.165 e. The van der Waals surface area contributed by atoms with Crippen molar-refractivity contribution >= 4 is 5.82 Å². The van der Waals surface area contributed by atoms with E-state index in [9.17, 15) is 4.39 Å². The molecule has 0 spiro atoms. The minimum atomic E-state index is -0.315. The van der Waals surface area contributed by atoms with Crippen LogP contribution in [0.15, 0.2) is 30.5 Å². The maximum absolute atomic E-state index is 13.8. The molecule has 1 aromatic carbocycles. The van der Waals surface area contributed by atoms with Gasteiger partial charge >= 0.3 is 0 Å². The summed E-state index contributed by atoms with van der Waals surface area (Å²) in [6.07, 6.45) is 2.52. The standard InChI is InChI=1S/C16H18FN3O/c1-10(2)16-18-8-6-14(20-16)19-13-7-9-21-15-11(13)4-3-5-12(15)17/h3-6,8,10,13H,7,9H2,1-2H3,(H,18,19,20)/t13-/m0/s1. The molecule has 21 heavy (non-hydrogen) atoms. The molecule has 1 aliphatic heterocycles. The molecule has 0 aliphatic carbocycles. The van der Waals surface area contributed by atoms with Crippen molar-refractivity contribution in [3.05, 3.63) is 47.7 Å². The molecule has 1 atom stereocenters. The number of nitrogens with one attached hydrogen (secondary N) is 1. The van der Waals surface area contributed by atoms with Crippen LogP contribution >= 0.6 is 0 Å². The Hall–Kier alpha value is -2.17. The van der Waals surface area contributed by atoms with Gasteiger partial charge < -0.3 is 10.1 Å². The molecule has 0 unspecified atom stereocenters. The van der Waals surface area contributed by atoms with Gasteiger partial charge in [-0.15, -0.1) is 0 Å². The summed E-state index contributed by atoms with van der Waals surface area (Å²) in [5.41, 5.74) is 0.839. The third kappa shape index (κ3) is 2.82. The van der Waals surface area contributed by atoms with E-state index in [1.165, 1.54) is 6.07 Å². The lowest BCUT2D eigenvalue weighted by Gasteiger charge is -2.27. The Labute approximate surface area is 123 Å². The molecule has 0 fully saturated rings. The van der Waals surface area contributed by atoms with Crippen molar-refractivity contribution in [2.75, 3.05) is 11.9 Å². The predicted octanol–water partition coefficient (Wildman–Crippen LogP) is 3.67. The molecular weight excluding hydrogens is 269 g/mol. The minimum absolute atomic E-state index is 0.000591. The summed E-state index contributed by atoms with van der Waals surface area (Å²) < 4.78 is 19.2. The van der Waals surface area contributed by atoms with E-state index in [0.29, 0.717) is 12.4 Å². The second-order valence-corrected chi connectivity index (χ2v) is 5.45. The molecule has 0 amide bonds. The molecule has 2 aromatic rings. The Morgan fingerprint density at radius 1 is 1.33 bits per heavy atom. The number of nitrogens with zero attached hydrogens (tertiary/aromatic N) is 2. The predicted molar refractivity (Wildman–Crippen MR) is 79.0 cm³/mol. The lowest BCUT2D eigenvalue weighted by Crippen LogP contribution is -2.21. The Morgan fingerprint density at radius 2 is 2.19 bits per heavy atom. The number of ether oxygens (including phenoxy) is 1.